The van der Waals surface area contributed by atoms with Gasteiger partial charge in [-0.25, -0.2) is 0 Å². The number of aryl methyl sites for hydroxylation is 1. The van der Waals surface area contributed by atoms with Crippen molar-refractivity contribution >= 4 is 17.3 Å². The zero-order valence-electron chi connectivity index (χ0n) is 16.8. The van der Waals surface area contributed by atoms with Crippen LogP contribution in [0.25, 0.3) is 5.69 Å². The smallest absolute Gasteiger partial charge is 0.170 e. The van der Waals surface area contributed by atoms with Crippen LogP contribution >= 0.6 is 12.2 Å². The molecule has 1 aromatic carbocycles. The van der Waals surface area contributed by atoms with Crippen molar-refractivity contribution in [2.75, 3.05) is 20.3 Å². The number of hydrogen-bond donors (Lipinski definition) is 1. The molecule has 0 radical (unpaired) electrons. The lowest BCUT2D eigenvalue weighted by atomic mass is 10.0. The predicted octanol–water partition coefficient (Wildman–Crippen LogP) is 4.19. The quantitative estimate of drug-likeness (QED) is 0.471. The van der Waals surface area contributed by atoms with Crippen molar-refractivity contribution in [1.29, 1.82) is 0 Å². The summed E-state index contributed by atoms with van der Waals surface area (Å²) in [6.07, 6.45) is 4.87. The minimum Gasteiger partial charge on any atom is -0.385 e. The van der Waals surface area contributed by atoms with Crippen LogP contribution < -0.4 is 5.32 Å². The Labute approximate surface area is 177 Å². The van der Waals surface area contributed by atoms with Gasteiger partial charge in [-0.15, -0.1) is 0 Å². The highest BCUT2D eigenvalue weighted by Gasteiger charge is 2.40. The third-order valence-electron chi connectivity index (χ3n) is 5.31. The normalized spacial score (nSPS) is 18.8. The molecular weight excluding hydrogens is 380 g/mol. The van der Waals surface area contributed by atoms with Crippen molar-refractivity contribution in [2.45, 2.75) is 25.4 Å². The number of nitrogens with zero attached hydrogens (tertiary/aromatic N) is 3. The van der Waals surface area contributed by atoms with Gasteiger partial charge < -0.3 is 19.5 Å². The fourth-order valence-corrected chi connectivity index (χ4v) is 4.33. The molecule has 6 heteroatoms. The fourth-order valence-electron chi connectivity index (χ4n) is 4.00. The molecule has 3 heterocycles. The van der Waals surface area contributed by atoms with Crippen molar-refractivity contribution in [3.8, 4) is 5.69 Å². The van der Waals surface area contributed by atoms with Crippen molar-refractivity contribution in [1.82, 2.24) is 19.8 Å². The van der Waals surface area contributed by atoms with Gasteiger partial charge in [-0.3, -0.25) is 4.98 Å². The number of pyridine rings is 1. The van der Waals surface area contributed by atoms with Crippen molar-refractivity contribution in [2.24, 2.45) is 0 Å². The molecule has 1 N–H and O–H groups in total. The second-order valence-corrected chi connectivity index (χ2v) is 7.70. The van der Waals surface area contributed by atoms with Gasteiger partial charge in [-0.05, 0) is 67.5 Å². The highest BCUT2D eigenvalue weighted by atomic mass is 32.1. The molecule has 0 bridgehead atoms. The monoisotopic (exact) mass is 406 g/mol. The number of ether oxygens (including phenoxy) is 1. The summed E-state index contributed by atoms with van der Waals surface area (Å²) in [6.45, 7) is 3.65. The van der Waals surface area contributed by atoms with Gasteiger partial charge in [0.25, 0.3) is 0 Å². The Bertz CT molecular complexity index is 972. The largest absolute Gasteiger partial charge is 0.385 e. The summed E-state index contributed by atoms with van der Waals surface area (Å²) < 4.78 is 7.53. The van der Waals surface area contributed by atoms with E-state index in [1.54, 1.807) is 7.11 Å². The lowest BCUT2D eigenvalue weighted by molar-refractivity contribution is 0.180. The average molecular weight is 407 g/mol. The molecule has 2 atom stereocenters. The number of thiocarbonyl (C=S) groups is 1. The minimum absolute atomic E-state index is 0.00953. The molecule has 1 saturated heterocycles. The second kappa shape index (κ2) is 8.76. The maximum atomic E-state index is 5.74. The first kappa shape index (κ1) is 19.6. The first-order valence-electron chi connectivity index (χ1n) is 9.90. The molecule has 0 amide bonds. The number of rotatable bonds is 7. The standard InChI is InChI=1S/C23H26N4OS/c1-17-8-5-9-18(16-17)26-13-6-11-20(26)22-21(19-10-3-4-12-24-19)25-23(29)27(22)14-7-15-28-2/h3-6,8-13,16,21-22H,7,14-15H2,1-2H3,(H,25,29)/t21-,22+/m0/s1. The number of methoxy groups -OCH3 is 1. The van der Waals surface area contributed by atoms with Gasteiger partial charge in [0.1, 0.15) is 0 Å². The molecule has 0 unspecified atom stereocenters. The van der Waals surface area contributed by atoms with E-state index in [0.29, 0.717) is 6.61 Å². The summed E-state index contributed by atoms with van der Waals surface area (Å²) in [5, 5.41) is 4.28. The maximum absolute atomic E-state index is 5.74. The van der Waals surface area contributed by atoms with Gasteiger partial charge in [0.15, 0.2) is 5.11 Å². The van der Waals surface area contributed by atoms with E-state index in [2.05, 4.69) is 75.4 Å². The molecular formula is C23H26N4OS. The number of nitrogens with one attached hydrogen (secondary N) is 1. The van der Waals surface area contributed by atoms with Gasteiger partial charge in [0.2, 0.25) is 0 Å². The Morgan fingerprint density at radius 2 is 2.03 bits per heavy atom. The number of hydrogen-bond acceptors (Lipinski definition) is 3. The molecule has 0 saturated carbocycles. The van der Waals surface area contributed by atoms with Crippen LogP contribution in [-0.4, -0.2) is 39.8 Å². The van der Waals surface area contributed by atoms with E-state index >= 15 is 0 Å². The third kappa shape index (κ3) is 4.04. The van der Waals surface area contributed by atoms with E-state index in [4.69, 9.17) is 17.0 Å². The van der Waals surface area contributed by atoms with Crippen LogP contribution in [0.1, 0.15) is 35.5 Å². The Hall–Kier alpha value is -2.70. The molecule has 0 spiro atoms. The van der Waals surface area contributed by atoms with Crippen molar-refractivity contribution in [3.63, 3.8) is 0 Å². The lowest BCUT2D eigenvalue weighted by Gasteiger charge is -2.29. The summed E-state index contributed by atoms with van der Waals surface area (Å²) in [7, 11) is 1.73. The van der Waals surface area contributed by atoms with Crippen LogP contribution in [0.4, 0.5) is 0 Å². The number of aromatic nitrogens is 2. The Morgan fingerprint density at radius 1 is 1.14 bits per heavy atom. The molecule has 29 heavy (non-hydrogen) atoms. The average Bonchev–Trinajstić information content (AvgIpc) is 3.33. The third-order valence-corrected chi connectivity index (χ3v) is 5.66. The van der Waals surface area contributed by atoms with E-state index in [1.165, 1.54) is 11.3 Å². The first-order valence-corrected chi connectivity index (χ1v) is 10.3. The SMILES string of the molecule is COCCCN1C(=S)N[C@@H](c2ccccn2)[C@H]1c1cccn1-c1cccc(C)c1. The van der Waals surface area contributed by atoms with E-state index in [0.717, 1.165) is 29.5 Å². The Balaban J connectivity index is 1.76. The van der Waals surface area contributed by atoms with Crippen LogP contribution in [0.3, 0.4) is 0 Å². The van der Waals surface area contributed by atoms with Gasteiger partial charge in [0.05, 0.1) is 17.8 Å². The van der Waals surface area contributed by atoms with E-state index in [1.807, 2.05) is 18.3 Å². The molecule has 1 aliphatic rings. The first-order chi connectivity index (χ1) is 14.2. The van der Waals surface area contributed by atoms with Crippen LogP contribution in [0, 0.1) is 6.92 Å². The molecule has 0 aliphatic carbocycles. The highest BCUT2D eigenvalue weighted by molar-refractivity contribution is 7.80. The van der Waals surface area contributed by atoms with Crippen molar-refractivity contribution in [3.05, 3.63) is 83.9 Å². The van der Waals surface area contributed by atoms with Gasteiger partial charge in [-0.2, -0.15) is 0 Å². The summed E-state index contributed by atoms with van der Waals surface area (Å²) in [6, 6.07) is 18.9. The molecule has 1 aliphatic heterocycles. The highest BCUT2D eigenvalue weighted by Crippen LogP contribution is 2.39. The zero-order valence-corrected chi connectivity index (χ0v) is 17.6. The lowest BCUT2D eigenvalue weighted by Crippen LogP contribution is -2.32. The zero-order chi connectivity index (χ0) is 20.2. The van der Waals surface area contributed by atoms with Crippen LogP contribution in [0.5, 0.6) is 0 Å². The number of benzene rings is 1. The summed E-state index contributed by atoms with van der Waals surface area (Å²) >= 11 is 5.74. The summed E-state index contributed by atoms with van der Waals surface area (Å²) in [5.74, 6) is 0. The predicted molar refractivity (Wildman–Crippen MR) is 119 cm³/mol. The molecule has 3 aromatic rings. The Kier molecular flexibility index (Phi) is 5.92. The van der Waals surface area contributed by atoms with Crippen LogP contribution in [0.2, 0.25) is 0 Å². The van der Waals surface area contributed by atoms with E-state index in [-0.39, 0.29) is 12.1 Å². The van der Waals surface area contributed by atoms with Crippen molar-refractivity contribution < 1.29 is 4.74 Å². The second-order valence-electron chi connectivity index (χ2n) is 7.31. The summed E-state index contributed by atoms with van der Waals surface area (Å²) in [4.78, 5) is 6.89. The van der Waals surface area contributed by atoms with E-state index < -0.39 is 0 Å². The van der Waals surface area contributed by atoms with Gasteiger partial charge in [0, 0.05) is 44.0 Å². The minimum atomic E-state index is -0.00953. The molecule has 5 nitrogen and oxygen atoms in total. The van der Waals surface area contributed by atoms with E-state index in [9.17, 15) is 0 Å². The molecule has 2 aromatic heterocycles. The topological polar surface area (TPSA) is 42.3 Å². The molecule has 1 fully saturated rings. The van der Waals surface area contributed by atoms with Crippen LogP contribution in [-0.2, 0) is 4.74 Å². The fraction of sp³-hybridized carbons (Fsp3) is 0.304. The van der Waals surface area contributed by atoms with Crippen LogP contribution in [0.15, 0.2) is 67.0 Å². The van der Waals surface area contributed by atoms with Gasteiger partial charge >= 0.3 is 0 Å². The maximum Gasteiger partial charge on any atom is 0.170 e. The Morgan fingerprint density at radius 3 is 2.79 bits per heavy atom. The summed E-state index contributed by atoms with van der Waals surface area (Å²) in [5.41, 5.74) is 4.57. The van der Waals surface area contributed by atoms with Gasteiger partial charge in [-0.1, -0.05) is 18.2 Å². The molecule has 4 rings (SSSR count). The molecule has 150 valence electrons.